The summed E-state index contributed by atoms with van der Waals surface area (Å²) in [6.07, 6.45) is 0. The molecule has 0 unspecified atom stereocenters. The number of hydrogen-bond acceptors (Lipinski definition) is 3. The molecule has 0 radical (unpaired) electrons. The highest BCUT2D eigenvalue weighted by molar-refractivity contribution is 7.98. The van der Waals surface area contributed by atoms with E-state index >= 15 is 0 Å². The van der Waals surface area contributed by atoms with Crippen molar-refractivity contribution < 1.29 is 9.53 Å². The number of amides is 1. The van der Waals surface area contributed by atoms with Gasteiger partial charge in [-0.2, -0.15) is 0 Å². The molecule has 0 bridgehead atoms. The van der Waals surface area contributed by atoms with E-state index in [9.17, 15) is 4.79 Å². The van der Waals surface area contributed by atoms with Gasteiger partial charge in [-0.25, -0.2) is 0 Å². The fourth-order valence-electron chi connectivity index (χ4n) is 2.50. The van der Waals surface area contributed by atoms with E-state index in [0.29, 0.717) is 27.0 Å². The Morgan fingerprint density at radius 3 is 2.56 bits per heavy atom. The Hall–Kier alpha value is -2.14. The number of benzene rings is 3. The Kier molecular flexibility index (Phi) is 6.67. The highest BCUT2D eigenvalue weighted by Gasteiger charge is 2.13. The predicted octanol–water partition coefficient (Wildman–Crippen LogP) is 6.55. The molecule has 3 aromatic rings. The molecule has 0 saturated carbocycles. The molecule has 3 rings (SSSR count). The third-order valence-corrected chi connectivity index (χ3v) is 5.48. The van der Waals surface area contributed by atoms with E-state index in [4.69, 9.17) is 27.9 Å². The Balaban J connectivity index is 1.79. The molecule has 0 saturated heterocycles. The molecule has 0 aromatic heterocycles. The SMILES string of the molecule is COc1ccc(C(=O)Nc2cc(Cl)ccc2Cl)cc1CSc1ccccc1. The molecule has 27 heavy (non-hydrogen) atoms. The van der Waals surface area contributed by atoms with Gasteiger partial charge in [-0.15, -0.1) is 11.8 Å². The molecular formula is C21H17Cl2NO2S. The lowest BCUT2D eigenvalue weighted by atomic mass is 10.1. The highest BCUT2D eigenvalue weighted by Crippen LogP contribution is 2.30. The Morgan fingerprint density at radius 1 is 1.04 bits per heavy atom. The number of nitrogens with one attached hydrogen (secondary N) is 1. The Labute approximate surface area is 172 Å². The maximum absolute atomic E-state index is 12.6. The number of rotatable bonds is 6. The first-order chi connectivity index (χ1) is 13.1. The summed E-state index contributed by atoms with van der Waals surface area (Å²) in [6, 6.07) is 20.4. The quantitative estimate of drug-likeness (QED) is 0.462. The van der Waals surface area contributed by atoms with Crippen LogP contribution in [0.3, 0.4) is 0 Å². The van der Waals surface area contributed by atoms with Gasteiger partial charge in [0.15, 0.2) is 0 Å². The van der Waals surface area contributed by atoms with Crippen LogP contribution in [0.2, 0.25) is 10.0 Å². The summed E-state index contributed by atoms with van der Waals surface area (Å²) >= 11 is 13.8. The number of thioether (sulfide) groups is 1. The van der Waals surface area contributed by atoms with E-state index in [0.717, 1.165) is 16.2 Å². The van der Waals surface area contributed by atoms with Gasteiger partial charge in [0.2, 0.25) is 0 Å². The first-order valence-corrected chi connectivity index (χ1v) is 9.92. The summed E-state index contributed by atoms with van der Waals surface area (Å²) in [4.78, 5) is 13.8. The van der Waals surface area contributed by atoms with Gasteiger partial charge in [-0.3, -0.25) is 4.79 Å². The van der Waals surface area contributed by atoms with E-state index in [2.05, 4.69) is 17.4 Å². The van der Waals surface area contributed by atoms with Crippen LogP contribution < -0.4 is 10.1 Å². The van der Waals surface area contributed by atoms with Crippen molar-refractivity contribution in [1.29, 1.82) is 0 Å². The van der Waals surface area contributed by atoms with Gasteiger partial charge in [0.05, 0.1) is 17.8 Å². The summed E-state index contributed by atoms with van der Waals surface area (Å²) in [7, 11) is 1.62. The minimum absolute atomic E-state index is 0.257. The molecule has 0 aliphatic heterocycles. The summed E-state index contributed by atoms with van der Waals surface area (Å²) < 4.78 is 5.44. The first-order valence-electron chi connectivity index (χ1n) is 8.18. The number of halogens is 2. The second-order valence-corrected chi connectivity index (χ2v) is 7.60. The second-order valence-electron chi connectivity index (χ2n) is 5.71. The van der Waals surface area contributed by atoms with Crippen molar-refractivity contribution in [1.82, 2.24) is 0 Å². The lowest BCUT2D eigenvalue weighted by molar-refractivity contribution is 0.102. The lowest BCUT2D eigenvalue weighted by Gasteiger charge is -2.12. The van der Waals surface area contributed by atoms with E-state index in [1.165, 1.54) is 0 Å². The molecule has 0 heterocycles. The molecule has 1 amide bonds. The van der Waals surface area contributed by atoms with Gasteiger partial charge in [0, 0.05) is 26.8 Å². The number of ether oxygens (including phenoxy) is 1. The zero-order chi connectivity index (χ0) is 19.2. The summed E-state index contributed by atoms with van der Waals surface area (Å²) in [6.45, 7) is 0. The molecule has 6 heteroatoms. The summed E-state index contributed by atoms with van der Waals surface area (Å²) in [5.74, 6) is 1.18. The van der Waals surface area contributed by atoms with Crippen LogP contribution in [0.25, 0.3) is 0 Å². The molecule has 3 nitrogen and oxygen atoms in total. The lowest BCUT2D eigenvalue weighted by Crippen LogP contribution is -2.12. The van der Waals surface area contributed by atoms with Crippen molar-refractivity contribution >= 4 is 46.6 Å². The molecule has 0 aliphatic rings. The van der Waals surface area contributed by atoms with Gasteiger partial charge in [-0.05, 0) is 48.5 Å². The minimum Gasteiger partial charge on any atom is -0.496 e. The third kappa shape index (κ3) is 5.19. The zero-order valence-corrected chi connectivity index (χ0v) is 16.9. The molecule has 0 atom stereocenters. The fraction of sp³-hybridized carbons (Fsp3) is 0.0952. The third-order valence-electron chi connectivity index (χ3n) is 3.86. The molecular weight excluding hydrogens is 401 g/mol. The molecule has 0 spiro atoms. The molecule has 3 aromatic carbocycles. The Morgan fingerprint density at radius 2 is 1.81 bits per heavy atom. The summed E-state index contributed by atoms with van der Waals surface area (Å²) in [5.41, 5.74) is 1.94. The van der Waals surface area contributed by atoms with Crippen molar-refractivity contribution in [3.63, 3.8) is 0 Å². The largest absolute Gasteiger partial charge is 0.496 e. The topological polar surface area (TPSA) is 38.3 Å². The van der Waals surface area contributed by atoms with Gasteiger partial charge in [0.1, 0.15) is 5.75 Å². The van der Waals surface area contributed by atoms with Crippen molar-refractivity contribution in [2.75, 3.05) is 12.4 Å². The van der Waals surface area contributed by atoms with Crippen LogP contribution in [0, 0.1) is 0 Å². The van der Waals surface area contributed by atoms with Crippen molar-refractivity contribution in [3.05, 3.63) is 87.9 Å². The smallest absolute Gasteiger partial charge is 0.255 e. The molecule has 0 fully saturated rings. The number of methoxy groups -OCH3 is 1. The van der Waals surface area contributed by atoms with Gasteiger partial charge in [0.25, 0.3) is 5.91 Å². The van der Waals surface area contributed by atoms with Gasteiger partial charge < -0.3 is 10.1 Å². The second kappa shape index (κ2) is 9.18. The standard InChI is InChI=1S/C21H17Cl2NO2S/c1-26-20-10-7-14(11-15(20)13-27-17-5-3-2-4-6-17)21(25)24-19-12-16(22)8-9-18(19)23/h2-12H,13H2,1H3,(H,24,25). The molecule has 1 N–H and O–H groups in total. The van der Waals surface area contributed by atoms with E-state index < -0.39 is 0 Å². The van der Waals surface area contributed by atoms with Crippen LogP contribution >= 0.6 is 35.0 Å². The van der Waals surface area contributed by atoms with E-state index in [-0.39, 0.29) is 5.91 Å². The molecule has 0 aliphatic carbocycles. The van der Waals surface area contributed by atoms with E-state index in [1.807, 2.05) is 24.3 Å². The predicted molar refractivity (Wildman–Crippen MR) is 113 cm³/mol. The summed E-state index contributed by atoms with van der Waals surface area (Å²) in [5, 5.41) is 3.74. The first kappa shape index (κ1) is 19.6. The van der Waals surface area contributed by atoms with Gasteiger partial charge >= 0.3 is 0 Å². The average Bonchev–Trinajstić information content (AvgIpc) is 2.69. The fourth-order valence-corrected chi connectivity index (χ4v) is 3.73. The van der Waals surface area contributed by atoms with Crippen LogP contribution in [-0.2, 0) is 5.75 Å². The minimum atomic E-state index is -0.257. The van der Waals surface area contributed by atoms with Gasteiger partial charge in [-0.1, -0.05) is 41.4 Å². The monoisotopic (exact) mass is 417 g/mol. The molecule has 138 valence electrons. The maximum Gasteiger partial charge on any atom is 0.255 e. The van der Waals surface area contributed by atoms with Crippen LogP contribution in [0.1, 0.15) is 15.9 Å². The van der Waals surface area contributed by atoms with Crippen molar-refractivity contribution in [3.8, 4) is 5.75 Å². The van der Waals surface area contributed by atoms with Crippen LogP contribution in [0.5, 0.6) is 5.75 Å². The van der Waals surface area contributed by atoms with Crippen LogP contribution in [-0.4, -0.2) is 13.0 Å². The Bertz CT molecular complexity index is 948. The normalized spacial score (nSPS) is 10.5. The van der Waals surface area contributed by atoms with Crippen LogP contribution in [0.15, 0.2) is 71.6 Å². The number of carbonyl (C=O) groups is 1. The maximum atomic E-state index is 12.6. The number of hydrogen-bond donors (Lipinski definition) is 1. The van der Waals surface area contributed by atoms with Crippen molar-refractivity contribution in [2.24, 2.45) is 0 Å². The van der Waals surface area contributed by atoms with Crippen LogP contribution in [0.4, 0.5) is 5.69 Å². The van der Waals surface area contributed by atoms with E-state index in [1.54, 1.807) is 49.2 Å². The zero-order valence-electron chi connectivity index (χ0n) is 14.5. The highest BCUT2D eigenvalue weighted by atomic mass is 35.5. The number of carbonyl (C=O) groups excluding carboxylic acids is 1. The number of anilines is 1. The van der Waals surface area contributed by atoms with Crippen molar-refractivity contribution in [2.45, 2.75) is 10.6 Å². The average molecular weight is 418 g/mol.